The predicted octanol–water partition coefficient (Wildman–Crippen LogP) is 2.36. The van der Waals surface area contributed by atoms with Crippen molar-refractivity contribution in [3.63, 3.8) is 0 Å². The maximum absolute atomic E-state index is 5.99. The maximum Gasteiger partial charge on any atom is 0.0318 e. The van der Waals surface area contributed by atoms with E-state index in [4.69, 9.17) is 5.73 Å². The van der Waals surface area contributed by atoms with Gasteiger partial charge in [-0.2, -0.15) is 0 Å². The molecular weight excluding hydrogens is 160 g/mol. The van der Waals surface area contributed by atoms with E-state index < -0.39 is 0 Å². The van der Waals surface area contributed by atoms with E-state index in [0.717, 1.165) is 18.4 Å². The van der Waals surface area contributed by atoms with E-state index in [1.54, 1.807) is 6.20 Å². The van der Waals surface area contributed by atoms with Gasteiger partial charge < -0.3 is 5.73 Å². The van der Waals surface area contributed by atoms with Crippen LogP contribution >= 0.6 is 0 Å². The summed E-state index contributed by atoms with van der Waals surface area (Å²) in [7, 11) is 0. The summed E-state index contributed by atoms with van der Waals surface area (Å²) < 4.78 is 0. The van der Waals surface area contributed by atoms with Gasteiger partial charge >= 0.3 is 0 Å². The van der Waals surface area contributed by atoms with Crippen LogP contribution in [-0.2, 0) is 0 Å². The van der Waals surface area contributed by atoms with Crippen LogP contribution < -0.4 is 5.73 Å². The Morgan fingerprint density at radius 1 is 1.69 bits per heavy atom. The molecule has 1 aromatic rings. The highest BCUT2D eigenvalue weighted by atomic mass is 14.7. The monoisotopic (exact) mass is 176 g/mol. The fraction of sp³-hybridized carbons (Fsp3) is 0.364. The number of aryl methyl sites for hydroxylation is 1. The van der Waals surface area contributed by atoms with Gasteiger partial charge in [0.25, 0.3) is 0 Å². The van der Waals surface area contributed by atoms with Crippen LogP contribution in [0.25, 0.3) is 0 Å². The molecule has 2 N–H and O–H groups in total. The second-order valence-electron chi connectivity index (χ2n) is 3.20. The van der Waals surface area contributed by atoms with Crippen LogP contribution in [0.5, 0.6) is 0 Å². The highest BCUT2D eigenvalue weighted by Crippen LogP contribution is 2.18. The maximum atomic E-state index is 5.99. The average Bonchev–Trinajstić information content (AvgIpc) is 2.15. The number of hydrogen-bond donors (Lipinski definition) is 1. The number of hydrogen-bond acceptors (Lipinski definition) is 2. The largest absolute Gasteiger partial charge is 0.324 e. The smallest absolute Gasteiger partial charge is 0.0318 e. The quantitative estimate of drug-likeness (QED) is 0.715. The van der Waals surface area contributed by atoms with E-state index in [1.165, 1.54) is 5.56 Å². The molecule has 2 nitrogen and oxygen atoms in total. The summed E-state index contributed by atoms with van der Waals surface area (Å²) in [5, 5.41) is 0. The number of nitrogens with zero attached hydrogens (tertiary/aromatic N) is 1. The third kappa shape index (κ3) is 2.67. The third-order valence-electron chi connectivity index (χ3n) is 2.16. The molecule has 0 spiro atoms. The molecule has 0 aliphatic heterocycles. The van der Waals surface area contributed by atoms with Gasteiger partial charge in [-0.1, -0.05) is 6.08 Å². The van der Waals surface area contributed by atoms with E-state index >= 15 is 0 Å². The van der Waals surface area contributed by atoms with Crippen LogP contribution in [-0.4, -0.2) is 4.98 Å². The molecule has 0 saturated carbocycles. The zero-order valence-corrected chi connectivity index (χ0v) is 8.03. The molecule has 2 heteroatoms. The summed E-state index contributed by atoms with van der Waals surface area (Å²) in [4.78, 5) is 4.07. The second-order valence-corrected chi connectivity index (χ2v) is 3.20. The molecule has 0 bridgehead atoms. The molecule has 1 atom stereocenters. The fourth-order valence-electron chi connectivity index (χ4n) is 1.32. The summed E-state index contributed by atoms with van der Waals surface area (Å²) in [6.07, 6.45) is 7.43. The molecular formula is C11H16N2. The zero-order valence-electron chi connectivity index (χ0n) is 8.03. The average molecular weight is 176 g/mol. The van der Waals surface area contributed by atoms with E-state index in [-0.39, 0.29) is 6.04 Å². The standard InChI is InChI=1S/C11H16N2/c1-3-4-5-11(12)10-8-13-7-6-9(10)2/h3,6-8,11H,1,4-5,12H2,2H3. The Bertz CT molecular complexity index is 281. The molecule has 1 rings (SSSR count). The van der Waals surface area contributed by atoms with Gasteiger partial charge in [0.05, 0.1) is 0 Å². The van der Waals surface area contributed by atoms with Crippen molar-refractivity contribution in [1.82, 2.24) is 4.98 Å². The molecule has 0 saturated heterocycles. The van der Waals surface area contributed by atoms with Gasteiger partial charge in [-0.25, -0.2) is 0 Å². The molecule has 13 heavy (non-hydrogen) atoms. The molecule has 1 heterocycles. The molecule has 0 aliphatic rings. The summed E-state index contributed by atoms with van der Waals surface area (Å²) in [6.45, 7) is 5.74. The van der Waals surface area contributed by atoms with Gasteiger partial charge in [-0.3, -0.25) is 4.98 Å². The lowest BCUT2D eigenvalue weighted by Crippen LogP contribution is -2.11. The van der Waals surface area contributed by atoms with E-state index in [9.17, 15) is 0 Å². The van der Waals surface area contributed by atoms with Gasteiger partial charge in [0, 0.05) is 18.4 Å². The van der Waals surface area contributed by atoms with E-state index in [0.29, 0.717) is 0 Å². The van der Waals surface area contributed by atoms with Crippen molar-refractivity contribution < 1.29 is 0 Å². The van der Waals surface area contributed by atoms with Crippen molar-refractivity contribution in [3.05, 3.63) is 42.2 Å². The molecule has 0 aliphatic carbocycles. The van der Waals surface area contributed by atoms with E-state index in [2.05, 4.69) is 18.5 Å². The van der Waals surface area contributed by atoms with Crippen molar-refractivity contribution in [3.8, 4) is 0 Å². The SMILES string of the molecule is C=CCCC(N)c1cnccc1C. The minimum absolute atomic E-state index is 0.0895. The van der Waals surface area contributed by atoms with Crippen molar-refractivity contribution in [2.45, 2.75) is 25.8 Å². The lowest BCUT2D eigenvalue weighted by atomic mass is 10.0. The number of aromatic nitrogens is 1. The Balaban J connectivity index is 2.70. The minimum Gasteiger partial charge on any atom is -0.324 e. The molecule has 70 valence electrons. The van der Waals surface area contributed by atoms with Crippen molar-refractivity contribution in [1.29, 1.82) is 0 Å². The highest BCUT2D eigenvalue weighted by molar-refractivity contribution is 5.24. The second kappa shape index (κ2) is 4.77. The van der Waals surface area contributed by atoms with Crippen molar-refractivity contribution in [2.75, 3.05) is 0 Å². The molecule has 1 unspecified atom stereocenters. The normalized spacial score (nSPS) is 12.5. The lowest BCUT2D eigenvalue weighted by Gasteiger charge is -2.12. The van der Waals surface area contributed by atoms with Crippen molar-refractivity contribution in [2.24, 2.45) is 5.73 Å². The van der Waals surface area contributed by atoms with Crippen molar-refractivity contribution >= 4 is 0 Å². The van der Waals surface area contributed by atoms with Gasteiger partial charge in [-0.05, 0) is 37.0 Å². The van der Waals surface area contributed by atoms with Crippen LogP contribution in [0.4, 0.5) is 0 Å². The first-order valence-electron chi connectivity index (χ1n) is 4.52. The van der Waals surface area contributed by atoms with Crippen LogP contribution in [0.2, 0.25) is 0 Å². The summed E-state index contributed by atoms with van der Waals surface area (Å²) in [5.41, 5.74) is 8.35. The minimum atomic E-state index is 0.0895. The summed E-state index contributed by atoms with van der Waals surface area (Å²) in [6, 6.07) is 2.08. The Kier molecular flexibility index (Phi) is 3.65. The van der Waals surface area contributed by atoms with Gasteiger partial charge in [-0.15, -0.1) is 6.58 Å². The summed E-state index contributed by atoms with van der Waals surface area (Å²) in [5.74, 6) is 0. The topological polar surface area (TPSA) is 38.9 Å². The van der Waals surface area contributed by atoms with Crippen LogP contribution in [0.3, 0.4) is 0 Å². The molecule has 0 aromatic carbocycles. The number of rotatable bonds is 4. The Hall–Kier alpha value is -1.15. The van der Waals surface area contributed by atoms with Crippen LogP contribution in [0, 0.1) is 6.92 Å². The van der Waals surface area contributed by atoms with Gasteiger partial charge in [0.2, 0.25) is 0 Å². The fourth-order valence-corrected chi connectivity index (χ4v) is 1.32. The first-order chi connectivity index (χ1) is 6.25. The summed E-state index contributed by atoms with van der Waals surface area (Å²) >= 11 is 0. The van der Waals surface area contributed by atoms with Crippen LogP contribution in [0.1, 0.15) is 30.0 Å². The first-order valence-corrected chi connectivity index (χ1v) is 4.52. The van der Waals surface area contributed by atoms with Gasteiger partial charge in [0.1, 0.15) is 0 Å². The first kappa shape index (κ1) is 9.93. The lowest BCUT2D eigenvalue weighted by molar-refractivity contribution is 0.655. The molecule has 0 fully saturated rings. The Morgan fingerprint density at radius 3 is 3.08 bits per heavy atom. The molecule has 0 radical (unpaired) electrons. The molecule has 1 aromatic heterocycles. The highest BCUT2D eigenvalue weighted by Gasteiger charge is 2.06. The van der Waals surface area contributed by atoms with E-state index in [1.807, 2.05) is 18.3 Å². The van der Waals surface area contributed by atoms with Crippen LogP contribution in [0.15, 0.2) is 31.1 Å². The van der Waals surface area contributed by atoms with Gasteiger partial charge in [0.15, 0.2) is 0 Å². The Labute approximate surface area is 79.5 Å². The molecule has 0 amide bonds. The Morgan fingerprint density at radius 2 is 2.46 bits per heavy atom. The number of pyridine rings is 1. The number of allylic oxidation sites excluding steroid dienone is 1. The predicted molar refractivity (Wildman–Crippen MR) is 55.3 cm³/mol. The number of nitrogens with two attached hydrogens (primary N) is 1. The zero-order chi connectivity index (χ0) is 9.68. The third-order valence-corrected chi connectivity index (χ3v) is 2.16.